The summed E-state index contributed by atoms with van der Waals surface area (Å²) in [6.45, 7) is 0. The van der Waals surface area contributed by atoms with Crippen LogP contribution in [0.3, 0.4) is 0 Å². The molecule has 10 heteroatoms. The fraction of sp³-hybridized carbons (Fsp3) is 0.0556. The van der Waals surface area contributed by atoms with Crippen molar-refractivity contribution in [2.75, 3.05) is 7.11 Å². The van der Waals surface area contributed by atoms with E-state index >= 15 is 0 Å². The zero-order valence-corrected chi connectivity index (χ0v) is 19.0. The van der Waals surface area contributed by atoms with Crippen LogP contribution in [0.25, 0.3) is 10.9 Å². The normalized spacial score (nSPS) is 11.6. The van der Waals surface area contributed by atoms with E-state index in [0.717, 1.165) is 23.0 Å². The number of benzene rings is 2. The first kappa shape index (κ1) is 22.6. The molecule has 3 N–H and O–H groups in total. The van der Waals surface area contributed by atoms with E-state index in [9.17, 15) is 18.0 Å². The quantitative estimate of drug-likeness (QED) is 0.398. The number of hydrogen-bond acceptors (Lipinski definition) is 6. The summed E-state index contributed by atoms with van der Waals surface area (Å²) in [5.41, 5.74) is 1.99. The monoisotopic (exact) mass is 426 g/mol. The standard InChI is InChI=1S/C11H7NO2.C7H7NO4S.K.H/c1-14-7-4-6-2-3-9-11(13)8(5-7)10(6)12-9;8-13(11,12)6-3-1-5(2-4-6)7(9)10;;/h2-5H,1H3;1-4H,(H,9,10)(H2,8,11,12);;/q;;+1;-1. The van der Waals surface area contributed by atoms with Gasteiger partial charge < -0.3 is 11.3 Å². The van der Waals surface area contributed by atoms with Gasteiger partial charge in [0.05, 0.1) is 28.6 Å². The van der Waals surface area contributed by atoms with Crippen LogP contribution < -0.4 is 61.3 Å². The van der Waals surface area contributed by atoms with Crippen LogP contribution in [0, 0.1) is 0 Å². The smallest absolute Gasteiger partial charge is 1.00 e. The van der Waals surface area contributed by atoms with Gasteiger partial charge in [-0.1, -0.05) is 6.07 Å². The Kier molecular flexibility index (Phi) is 7.10. The molecule has 1 aromatic heterocycles. The maximum absolute atomic E-state index is 11.7. The van der Waals surface area contributed by atoms with Crippen LogP contribution in [0.15, 0.2) is 53.4 Å². The summed E-state index contributed by atoms with van der Waals surface area (Å²) in [7, 11) is -2.15. The molecular weight excluding hydrogens is 411 g/mol. The summed E-state index contributed by atoms with van der Waals surface area (Å²) < 4.78 is 26.6. The number of rotatable bonds is 3. The number of carboxylic acid groups (broad SMARTS) is 1. The van der Waals surface area contributed by atoms with Crippen LogP contribution in [0.5, 0.6) is 5.75 Å². The van der Waals surface area contributed by atoms with Crippen molar-refractivity contribution in [1.82, 2.24) is 4.98 Å². The second kappa shape index (κ2) is 8.78. The Hall–Kier alpha value is -1.66. The van der Waals surface area contributed by atoms with Crippen molar-refractivity contribution < 1.29 is 80.7 Å². The number of sulfonamides is 1. The van der Waals surface area contributed by atoms with Gasteiger partial charge in [0, 0.05) is 5.39 Å². The summed E-state index contributed by atoms with van der Waals surface area (Å²) in [6.07, 6.45) is 0. The molecule has 4 rings (SSSR count). The number of aromatic carboxylic acids is 1. The SMILES string of the molecule is COc1cc2c3nc(ccc3c1)C2=O.NS(=O)(=O)c1ccc(C(=O)O)cc1.[H-].[K+]. The molecule has 8 nitrogen and oxygen atoms in total. The van der Waals surface area contributed by atoms with Crippen molar-refractivity contribution in [3.8, 4) is 5.75 Å². The van der Waals surface area contributed by atoms with E-state index in [1.807, 2.05) is 12.1 Å². The number of ketones is 1. The Morgan fingerprint density at radius 2 is 1.79 bits per heavy atom. The van der Waals surface area contributed by atoms with E-state index in [1.54, 1.807) is 19.2 Å². The summed E-state index contributed by atoms with van der Waals surface area (Å²) in [5, 5.41) is 14.3. The summed E-state index contributed by atoms with van der Waals surface area (Å²) in [5.74, 6) is -0.412. The molecule has 0 amide bonds. The second-order valence-corrected chi connectivity index (χ2v) is 7.21. The first-order valence-corrected chi connectivity index (χ1v) is 9.15. The number of carboxylic acids is 1. The Balaban J connectivity index is 0.000000272. The minimum absolute atomic E-state index is 0. The molecule has 140 valence electrons. The molecule has 0 radical (unpaired) electrons. The Morgan fingerprint density at radius 1 is 1.14 bits per heavy atom. The van der Waals surface area contributed by atoms with Gasteiger partial charge in [0.1, 0.15) is 11.4 Å². The van der Waals surface area contributed by atoms with Gasteiger partial charge >= 0.3 is 57.4 Å². The van der Waals surface area contributed by atoms with Crippen molar-refractivity contribution in [3.05, 3.63) is 65.4 Å². The Morgan fingerprint density at radius 3 is 2.32 bits per heavy atom. The molecule has 0 atom stereocenters. The van der Waals surface area contributed by atoms with Crippen LogP contribution in [0.4, 0.5) is 0 Å². The molecule has 0 aliphatic carbocycles. The van der Waals surface area contributed by atoms with Crippen LogP contribution in [0.2, 0.25) is 0 Å². The number of aromatic nitrogens is 1. The van der Waals surface area contributed by atoms with Crippen molar-refractivity contribution in [1.29, 1.82) is 0 Å². The molecule has 0 saturated carbocycles. The van der Waals surface area contributed by atoms with Gasteiger partial charge in [0.15, 0.2) is 0 Å². The largest absolute Gasteiger partial charge is 1.00 e. The first-order valence-electron chi connectivity index (χ1n) is 7.60. The number of ether oxygens (including phenoxy) is 1. The first-order chi connectivity index (χ1) is 12.7. The number of hydrogen-bond donors (Lipinski definition) is 2. The molecule has 2 bridgehead atoms. The van der Waals surface area contributed by atoms with E-state index in [-0.39, 0.29) is 69.1 Å². The number of nitrogens with zero attached hydrogens (tertiary/aromatic N) is 1. The average molecular weight is 426 g/mol. The van der Waals surface area contributed by atoms with Gasteiger partial charge in [-0.15, -0.1) is 0 Å². The van der Waals surface area contributed by atoms with Crippen LogP contribution in [-0.2, 0) is 10.0 Å². The second-order valence-electron chi connectivity index (χ2n) is 5.65. The number of methoxy groups -OCH3 is 1. The third-order valence-electron chi connectivity index (χ3n) is 3.91. The topological polar surface area (TPSA) is 137 Å². The van der Waals surface area contributed by atoms with E-state index < -0.39 is 16.0 Å². The third-order valence-corrected chi connectivity index (χ3v) is 4.84. The van der Waals surface area contributed by atoms with Crippen molar-refractivity contribution in [2.24, 2.45) is 5.14 Å². The number of primary sulfonamides is 1. The van der Waals surface area contributed by atoms with Crippen molar-refractivity contribution >= 4 is 32.7 Å². The van der Waals surface area contributed by atoms with Crippen LogP contribution in [0.1, 0.15) is 27.8 Å². The Bertz CT molecular complexity index is 1180. The molecule has 28 heavy (non-hydrogen) atoms. The number of fused-ring (bicyclic) bond motifs is 1. The van der Waals surface area contributed by atoms with Gasteiger partial charge in [-0.3, -0.25) is 4.79 Å². The van der Waals surface area contributed by atoms with E-state index in [2.05, 4.69) is 4.98 Å². The number of carbonyl (C=O) groups is 2. The van der Waals surface area contributed by atoms with E-state index in [4.69, 9.17) is 15.0 Å². The molecule has 0 fully saturated rings. The molecule has 0 saturated heterocycles. The molecule has 2 aromatic carbocycles. The summed E-state index contributed by atoms with van der Waals surface area (Å²) in [6, 6.07) is 11.9. The maximum Gasteiger partial charge on any atom is 1.00 e. The number of nitrogens with two attached hydrogens (primary N) is 1. The summed E-state index contributed by atoms with van der Waals surface area (Å²) >= 11 is 0. The maximum atomic E-state index is 11.7. The zero-order chi connectivity index (χ0) is 19.8. The van der Waals surface area contributed by atoms with Gasteiger partial charge in [0.25, 0.3) is 0 Å². The van der Waals surface area contributed by atoms with E-state index in [0.29, 0.717) is 17.0 Å². The van der Waals surface area contributed by atoms with E-state index in [1.165, 1.54) is 12.1 Å². The van der Waals surface area contributed by atoms with Crippen molar-refractivity contribution in [3.63, 3.8) is 0 Å². The van der Waals surface area contributed by atoms with Gasteiger partial charge in [0.2, 0.25) is 15.8 Å². The van der Waals surface area contributed by atoms with Crippen LogP contribution in [-0.4, -0.2) is 37.4 Å². The number of pyridine rings is 1. The van der Waals surface area contributed by atoms with Gasteiger partial charge in [-0.25, -0.2) is 23.3 Å². The molecule has 3 aromatic rings. The molecule has 2 heterocycles. The predicted molar refractivity (Wildman–Crippen MR) is 97.6 cm³/mol. The van der Waals surface area contributed by atoms with Gasteiger partial charge in [-0.2, -0.15) is 0 Å². The molecule has 1 aliphatic rings. The summed E-state index contributed by atoms with van der Waals surface area (Å²) in [4.78, 5) is 26.2. The Labute approximate surface area is 204 Å². The van der Waals surface area contributed by atoms with Gasteiger partial charge in [-0.05, 0) is 42.5 Å². The minimum Gasteiger partial charge on any atom is -1.00 e. The predicted octanol–water partition coefficient (Wildman–Crippen LogP) is -1.06. The average Bonchev–Trinajstić information content (AvgIpc) is 2.94. The fourth-order valence-corrected chi connectivity index (χ4v) is 3.07. The van der Waals surface area contributed by atoms with Crippen molar-refractivity contribution in [2.45, 2.75) is 4.90 Å². The molecule has 1 aliphatic heterocycles. The minimum atomic E-state index is -3.74. The molecular formula is C18H15KN2O6S. The molecule has 0 unspecified atom stereocenters. The zero-order valence-electron chi connectivity index (χ0n) is 16.0. The van der Waals surface area contributed by atoms with Crippen LogP contribution >= 0.6 is 0 Å². The number of carbonyl (C=O) groups excluding carboxylic acids is 1. The fourth-order valence-electron chi connectivity index (χ4n) is 2.55. The third kappa shape index (κ3) is 4.66. The molecule has 0 spiro atoms.